The van der Waals surface area contributed by atoms with Gasteiger partial charge >= 0.3 is 0 Å². The molecular formula is C11H15BrN2O. The average Bonchev–Trinajstić information content (AvgIpc) is 2.21. The predicted molar refractivity (Wildman–Crippen MR) is 64.9 cm³/mol. The Morgan fingerprint density at radius 1 is 1.60 bits per heavy atom. The fraction of sp³-hybridized carbons (Fsp3) is 0.364. The van der Waals surface area contributed by atoms with Crippen molar-refractivity contribution in [3.63, 3.8) is 0 Å². The Morgan fingerprint density at radius 3 is 2.87 bits per heavy atom. The zero-order valence-electron chi connectivity index (χ0n) is 8.88. The molecule has 82 valence electrons. The minimum Gasteiger partial charge on any atom is -0.348 e. The summed E-state index contributed by atoms with van der Waals surface area (Å²) < 4.78 is 0.940. The molecule has 0 bridgehead atoms. The number of hydrogen-bond acceptors (Lipinski definition) is 2. The zero-order valence-corrected chi connectivity index (χ0v) is 10.5. The van der Waals surface area contributed by atoms with Gasteiger partial charge in [0.1, 0.15) is 0 Å². The van der Waals surface area contributed by atoms with Crippen molar-refractivity contribution < 1.29 is 4.79 Å². The lowest BCUT2D eigenvalue weighted by atomic mass is 10.1. The van der Waals surface area contributed by atoms with Gasteiger partial charge in [0.25, 0.3) is 5.91 Å². The van der Waals surface area contributed by atoms with Gasteiger partial charge in [-0.05, 0) is 31.5 Å². The standard InChI is InChI=1S/C11H15BrN2O/c1-7(6-13)14-11(15)9-4-3-5-10(12)8(9)2/h3-5,7H,6,13H2,1-2H3,(H,14,15). The van der Waals surface area contributed by atoms with Gasteiger partial charge in [-0.2, -0.15) is 0 Å². The Hall–Kier alpha value is -0.870. The summed E-state index contributed by atoms with van der Waals surface area (Å²) >= 11 is 3.39. The number of hydrogen-bond donors (Lipinski definition) is 2. The molecule has 4 heteroatoms. The van der Waals surface area contributed by atoms with Crippen LogP contribution in [0.1, 0.15) is 22.8 Å². The van der Waals surface area contributed by atoms with Crippen LogP contribution in [0, 0.1) is 6.92 Å². The van der Waals surface area contributed by atoms with E-state index in [1.165, 1.54) is 0 Å². The fourth-order valence-corrected chi connectivity index (χ4v) is 1.58. The van der Waals surface area contributed by atoms with Crippen LogP contribution in [0.3, 0.4) is 0 Å². The minimum absolute atomic E-state index is 0.00381. The van der Waals surface area contributed by atoms with Gasteiger partial charge in [0, 0.05) is 22.6 Å². The molecule has 1 aromatic carbocycles. The molecule has 15 heavy (non-hydrogen) atoms. The number of amides is 1. The lowest BCUT2D eigenvalue weighted by Crippen LogP contribution is -2.38. The number of carbonyl (C=O) groups is 1. The summed E-state index contributed by atoms with van der Waals surface area (Å²) in [6.07, 6.45) is 0. The molecule has 0 saturated heterocycles. The van der Waals surface area contributed by atoms with Gasteiger partial charge in [-0.25, -0.2) is 0 Å². The van der Waals surface area contributed by atoms with E-state index in [9.17, 15) is 4.79 Å². The van der Waals surface area contributed by atoms with E-state index in [0.29, 0.717) is 12.1 Å². The van der Waals surface area contributed by atoms with Crippen molar-refractivity contribution in [2.75, 3.05) is 6.54 Å². The molecule has 0 aliphatic carbocycles. The maximum absolute atomic E-state index is 11.8. The van der Waals surface area contributed by atoms with Crippen molar-refractivity contribution >= 4 is 21.8 Å². The lowest BCUT2D eigenvalue weighted by molar-refractivity contribution is 0.0940. The molecule has 0 aliphatic heterocycles. The Morgan fingerprint density at radius 2 is 2.27 bits per heavy atom. The molecule has 1 atom stereocenters. The molecule has 0 radical (unpaired) electrons. The van der Waals surface area contributed by atoms with Crippen LogP contribution in [0.4, 0.5) is 0 Å². The first kappa shape index (κ1) is 12.2. The van der Waals surface area contributed by atoms with Crippen molar-refractivity contribution in [3.05, 3.63) is 33.8 Å². The maximum Gasteiger partial charge on any atom is 0.251 e. The van der Waals surface area contributed by atoms with E-state index in [1.54, 1.807) is 6.07 Å². The molecule has 0 saturated carbocycles. The van der Waals surface area contributed by atoms with Gasteiger partial charge < -0.3 is 11.1 Å². The Balaban J connectivity index is 2.87. The molecule has 0 heterocycles. The number of halogens is 1. The van der Waals surface area contributed by atoms with Gasteiger partial charge in [0.05, 0.1) is 0 Å². The molecule has 1 rings (SSSR count). The second kappa shape index (κ2) is 5.28. The van der Waals surface area contributed by atoms with E-state index < -0.39 is 0 Å². The second-order valence-corrected chi connectivity index (χ2v) is 4.38. The van der Waals surface area contributed by atoms with Crippen molar-refractivity contribution in [3.8, 4) is 0 Å². The molecule has 1 amide bonds. The van der Waals surface area contributed by atoms with Crippen LogP contribution < -0.4 is 11.1 Å². The highest BCUT2D eigenvalue weighted by molar-refractivity contribution is 9.10. The highest BCUT2D eigenvalue weighted by Crippen LogP contribution is 2.19. The normalized spacial score (nSPS) is 12.3. The third-order valence-electron chi connectivity index (χ3n) is 2.24. The van der Waals surface area contributed by atoms with Crippen LogP contribution in [-0.2, 0) is 0 Å². The smallest absolute Gasteiger partial charge is 0.251 e. The number of carbonyl (C=O) groups excluding carboxylic acids is 1. The summed E-state index contributed by atoms with van der Waals surface area (Å²) in [5.74, 6) is -0.0771. The third-order valence-corrected chi connectivity index (χ3v) is 3.10. The van der Waals surface area contributed by atoms with E-state index in [4.69, 9.17) is 5.73 Å². The fourth-order valence-electron chi connectivity index (χ4n) is 1.21. The molecule has 0 fully saturated rings. The van der Waals surface area contributed by atoms with Gasteiger partial charge in [-0.15, -0.1) is 0 Å². The van der Waals surface area contributed by atoms with E-state index in [1.807, 2.05) is 26.0 Å². The third kappa shape index (κ3) is 3.04. The number of nitrogens with two attached hydrogens (primary N) is 1. The zero-order chi connectivity index (χ0) is 11.4. The van der Waals surface area contributed by atoms with Crippen molar-refractivity contribution in [2.24, 2.45) is 5.73 Å². The first-order valence-corrected chi connectivity index (χ1v) is 5.61. The molecule has 1 aromatic rings. The Bertz CT molecular complexity index is 366. The van der Waals surface area contributed by atoms with E-state index >= 15 is 0 Å². The van der Waals surface area contributed by atoms with Crippen LogP contribution >= 0.6 is 15.9 Å². The molecule has 0 aliphatic rings. The molecular weight excluding hydrogens is 256 g/mol. The van der Waals surface area contributed by atoms with E-state index in [-0.39, 0.29) is 11.9 Å². The Kier molecular flexibility index (Phi) is 4.29. The second-order valence-electron chi connectivity index (χ2n) is 3.52. The van der Waals surface area contributed by atoms with Crippen LogP contribution in [0.25, 0.3) is 0 Å². The molecule has 0 spiro atoms. The summed E-state index contributed by atoms with van der Waals surface area (Å²) in [6.45, 7) is 4.23. The number of rotatable bonds is 3. The molecule has 0 aromatic heterocycles. The monoisotopic (exact) mass is 270 g/mol. The highest BCUT2D eigenvalue weighted by Gasteiger charge is 2.12. The van der Waals surface area contributed by atoms with Gasteiger partial charge in [-0.3, -0.25) is 4.79 Å². The summed E-state index contributed by atoms with van der Waals surface area (Å²) in [7, 11) is 0. The van der Waals surface area contributed by atoms with E-state index in [2.05, 4.69) is 21.2 Å². The number of nitrogens with one attached hydrogen (secondary N) is 1. The first-order valence-electron chi connectivity index (χ1n) is 4.82. The SMILES string of the molecule is Cc1c(Br)cccc1C(=O)NC(C)CN. The first-order chi connectivity index (χ1) is 7.06. The summed E-state index contributed by atoms with van der Waals surface area (Å²) in [5.41, 5.74) is 7.07. The van der Waals surface area contributed by atoms with Crippen molar-refractivity contribution in [1.82, 2.24) is 5.32 Å². The van der Waals surface area contributed by atoms with Gasteiger partial charge in [0.2, 0.25) is 0 Å². The maximum atomic E-state index is 11.8. The van der Waals surface area contributed by atoms with Crippen LogP contribution in [-0.4, -0.2) is 18.5 Å². The summed E-state index contributed by atoms with van der Waals surface area (Å²) in [4.78, 5) is 11.8. The molecule has 1 unspecified atom stereocenters. The van der Waals surface area contributed by atoms with Crippen molar-refractivity contribution in [1.29, 1.82) is 0 Å². The Labute approximate surface area is 98.2 Å². The molecule has 3 N–H and O–H groups in total. The topological polar surface area (TPSA) is 55.1 Å². The van der Waals surface area contributed by atoms with Gasteiger partial charge in [0.15, 0.2) is 0 Å². The van der Waals surface area contributed by atoms with Crippen molar-refractivity contribution in [2.45, 2.75) is 19.9 Å². The van der Waals surface area contributed by atoms with Crippen LogP contribution in [0.15, 0.2) is 22.7 Å². The van der Waals surface area contributed by atoms with Crippen LogP contribution in [0.2, 0.25) is 0 Å². The average molecular weight is 271 g/mol. The van der Waals surface area contributed by atoms with E-state index in [0.717, 1.165) is 10.0 Å². The minimum atomic E-state index is -0.0771. The quantitative estimate of drug-likeness (QED) is 0.881. The highest BCUT2D eigenvalue weighted by atomic mass is 79.9. The molecule has 3 nitrogen and oxygen atoms in total. The van der Waals surface area contributed by atoms with Gasteiger partial charge in [-0.1, -0.05) is 22.0 Å². The predicted octanol–water partition coefficient (Wildman–Crippen LogP) is 1.83. The van der Waals surface area contributed by atoms with Crippen LogP contribution in [0.5, 0.6) is 0 Å². The summed E-state index contributed by atoms with van der Waals surface area (Å²) in [6, 6.07) is 5.56. The number of benzene rings is 1. The largest absolute Gasteiger partial charge is 0.348 e. The lowest BCUT2D eigenvalue weighted by Gasteiger charge is -2.13. The summed E-state index contributed by atoms with van der Waals surface area (Å²) in [5, 5.41) is 2.83.